The van der Waals surface area contributed by atoms with Crippen molar-refractivity contribution < 1.29 is 13.2 Å². The minimum atomic E-state index is -3.62. The maximum absolute atomic E-state index is 12.7. The van der Waals surface area contributed by atoms with E-state index in [2.05, 4.69) is 0 Å². The highest BCUT2D eigenvalue weighted by Gasteiger charge is 2.36. The molecule has 1 aromatic rings. The van der Waals surface area contributed by atoms with Gasteiger partial charge >= 0.3 is 0 Å². The van der Waals surface area contributed by atoms with Crippen molar-refractivity contribution in [3.63, 3.8) is 0 Å². The summed E-state index contributed by atoms with van der Waals surface area (Å²) >= 11 is 0. The maximum atomic E-state index is 12.7. The predicted octanol–water partition coefficient (Wildman–Crippen LogP) is 1.93. The van der Waals surface area contributed by atoms with Gasteiger partial charge < -0.3 is 4.90 Å². The van der Waals surface area contributed by atoms with E-state index in [0.717, 1.165) is 11.1 Å². The molecule has 1 fully saturated rings. The minimum absolute atomic E-state index is 0.0907. The quantitative estimate of drug-likeness (QED) is 0.835. The summed E-state index contributed by atoms with van der Waals surface area (Å²) < 4.78 is 26.7. The number of sulfonamides is 1. The van der Waals surface area contributed by atoms with Gasteiger partial charge in [0.05, 0.1) is 11.4 Å². The van der Waals surface area contributed by atoms with E-state index in [1.807, 2.05) is 34.6 Å². The van der Waals surface area contributed by atoms with E-state index < -0.39 is 10.0 Å². The lowest BCUT2D eigenvalue weighted by Gasteiger charge is -2.41. The predicted molar refractivity (Wildman–Crippen MR) is 86.1 cm³/mol. The molecule has 122 valence electrons. The zero-order valence-electron chi connectivity index (χ0n) is 13.9. The van der Waals surface area contributed by atoms with Crippen LogP contribution in [0.15, 0.2) is 23.1 Å². The number of nitrogens with zero attached hydrogens (tertiary/aromatic N) is 2. The van der Waals surface area contributed by atoms with Crippen molar-refractivity contribution in [2.75, 3.05) is 19.6 Å². The molecule has 0 N–H and O–H groups in total. The van der Waals surface area contributed by atoms with E-state index in [1.165, 1.54) is 4.31 Å². The second-order valence-electron chi connectivity index (χ2n) is 6.80. The van der Waals surface area contributed by atoms with Crippen molar-refractivity contribution in [2.45, 2.75) is 45.1 Å². The van der Waals surface area contributed by atoms with Gasteiger partial charge in [-0.25, -0.2) is 8.42 Å². The maximum Gasteiger partial charge on any atom is 0.243 e. The van der Waals surface area contributed by atoms with Crippen LogP contribution < -0.4 is 0 Å². The number of rotatable bonds is 2. The highest BCUT2D eigenvalue weighted by Crippen LogP contribution is 2.23. The zero-order valence-corrected chi connectivity index (χ0v) is 14.7. The second kappa shape index (κ2) is 5.66. The van der Waals surface area contributed by atoms with Gasteiger partial charge in [0.15, 0.2) is 0 Å². The molecule has 0 unspecified atom stereocenters. The Morgan fingerprint density at radius 1 is 1.05 bits per heavy atom. The van der Waals surface area contributed by atoms with Crippen LogP contribution in [0.25, 0.3) is 0 Å². The van der Waals surface area contributed by atoms with Crippen LogP contribution in [-0.2, 0) is 14.8 Å². The van der Waals surface area contributed by atoms with Crippen LogP contribution >= 0.6 is 0 Å². The van der Waals surface area contributed by atoms with Crippen molar-refractivity contribution >= 4 is 15.9 Å². The van der Waals surface area contributed by atoms with Gasteiger partial charge in [0, 0.05) is 18.6 Å². The lowest BCUT2D eigenvalue weighted by atomic mass is 10.1. The minimum Gasteiger partial charge on any atom is -0.335 e. The van der Waals surface area contributed by atoms with Crippen LogP contribution in [0.5, 0.6) is 0 Å². The number of amides is 1. The van der Waals surface area contributed by atoms with E-state index in [0.29, 0.717) is 13.1 Å². The molecule has 0 radical (unpaired) electrons. The van der Waals surface area contributed by atoms with Gasteiger partial charge in [-0.2, -0.15) is 4.31 Å². The molecule has 0 aromatic heterocycles. The summed E-state index contributed by atoms with van der Waals surface area (Å²) in [5, 5.41) is 0. The molecule has 6 heteroatoms. The van der Waals surface area contributed by atoms with E-state index in [1.54, 1.807) is 23.1 Å². The summed E-state index contributed by atoms with van der Waals surface area (Å²) in [5.74, 6) is -0.147. The molecule has 1 aliphatic rings. The first-order valence-corrected chi connectivity index (χ1v) is 8.85. The van der Waals surface area contributed by atoms with Gasteiger partial charge in [0.2, 0.25) is 15.9 Å². The molecule has 1 aromatic carbocycles. The van der Waals surface area contributed by atoms with E-state index in [9.17, 15) is 13.2 Å². The molecule has 22 heavy (non-hydrogen) atoms. The topological polar surface area (TPSA) is 57.7 Å². The lowest BCUT2D eigenvalue weighted by Crippen LogP contribution is -2.57. The van der Waals surface area contributed by atoms with Crippen LogP contribution in [0.1, 0.15) is 31.9 Å². The molecule has 2 rings (SSSR count). The van der Waals surface area contributed by atoms with Crippen molar-refractivity contribution in [1.82, 2.24) is 9.21 Å². The smallest absolute Gasteiger partial charge is 0.243 e. The summed E-state index contributed by atoms with van der Waals surface area (Å²) in [5.41, 5.74) is 1.70. The van der Waals surface area contributed by atoms with Crippen LogP contribution in [0, 0.1) is 13.8 Å². The van der Waals surface area contributed by atoms with E-state index >= 15 is 0 Å². The molecule has 1 heterocycles. The number of carbonyl (C=O) groups is 1. The number of benzene rings is 1. The number of hydrogen-bond donors (Lipinski definition) is 0. The Bertz CT molecular complexity index is 690. The van der Waals surface area contributed by atoms with Gasteiger partial charge in [0.25, 0.3) is 0 Å². The average molecular weight is 324 g/mol. The molecular weight excluding hydrogens is 300 g/mol. The first kappa shape index (κ1) is 17.0. The van der Waals surface area contributed by atoms with Gasteiger partial charge in [0.1, 0.15) is 0 Å². The van der Waals surface area contributed by atoms with Gasteiger partial charge in [-0.1, -0.05) is 6.07 Å². The summed E-state index contributed by atoms with van der Waals surface area (Å²) in [6.45, 7) is 10.4. The monoisotopic (exact) mass is 324 g/mol. The molecule has 1 aliphatic heterocycles. The van der Waals surface area contributed by atoms with Crippen molar-refractivity contribution in [1.29, 1.82) is 0 Å². The summed E-state index contributed by atoms with van der Waals surface area (Å²) in [6.07, 6.45) is 0. The summed E-state index contributed by atoms with van der Waals surface area (Å²) in [6, 6.07) is 5.08. The normalized spacial score (nSPS) is 17.9. The number of piperazine rings is 1. The largest absolute Gasteiger partial charge is 0.335 e. The van der Waals surface area contributed by atoms with Gasteiger partial charge in [-0.05, 0) is 57.9 Å². The number of carbonyl (C=O) groups excluding carboxylic acids is 1. The highest BCUT2D eigenvalue weighted by molar-refractivity contribution is 7.89. The Hall–Kier alpha value is -1.40. The third-order valence-corrected chi connectivity index (χ3v) is 5.95. The first-order chi connectivity index (χ1) is 10.0. The van der Waals surface area contributed by atoms with Crippen LogP contribution in [0.3, 0.4) is 0 Å². The molecule has 0 atom stereocenters. The summed E-state index contributed by atoms with van der Waals surface area (Å²) in [4.78, 5) is 14.3. The molecule has 5 nitrogen and oxygen atoms in total. The SMILES string of the molecule is Cc1ccc(S(=O)(=O)N2CCN(C(C)(C)C)C(=O)C2)cc1C. The first-order valence-electron chi connectivity index (χ1n) is 7.41. The molecule has 1 saturated heterocycles. The molecule has 1 amide bonds. The van der Waals surface area contributed by atoms with E-state index in [4.69, 9.17) is 0 Å². The Labute approximate surface area is 133 Å². The summed E-state index contributed by atoms with van der Waals surface area (Å²) in [7, 11) is -3.62. The second-order valence-corrected chi connectivity index (χ2v) is 8.74. The molecule has 0 aliphatic carbocycles. The fourth-order valence-corrected chi connectivity index (χ4v) is 4.06. The number of hydrogen-bond acceptors (Lipinski definition) is 3. The van der Waals surface area contributed by atoms with Crippen LogP contribution in [0.2, 0.25) is 0 Å². The van der Waals surface area contributed by atoms with Gasteiger partial charge in [-0.15, -0.1) is 0 Å². The molecule has 0 bridgehead atoms. The van der Waals surface area contributed by atoms with Crippen molar-refractivity contribution in [2.24, 2.45) is 0 Å². The Morgan fingerprint density at radius 2 is 1.68 bits per heavy atom. The third kappa shape index (κ3) is 3.17. The standard InChI is InChI=1S/C16H24N2O3S/c1-12-6-7-14(10-13(12)2)22(20,21)17-8-9-18(15(19)11-17)16(3,4)5/h6-7,10H,8-9,11H2,1-5H3. The van der Waals surface area contributed by atoms with Crippen molar-refractivity contribution in [3.05, 3.63) is 29.3 Å². The average Bonchev–Trinajstić information content (AvgIpc) is 2.40. The fraction of sp³-hybridized carbons (Fsp3) is 0.562. The fourth-order valence-electron chi connectivity index (χ4n) is 2.59. The van der Waals surface area contributed by atoms with Crippen LogP contribution in [0.4, 0.5) is 0 Å². The van der Waals surface area contributed by atoms with Gasteiger partial charge in [-0.3, -0.25) is 4.79 Å². The van der Waals surface area contributed by atoms with Crippen LogP contribution in [-0.4, -0.2) is 48.7 Å². The third-order valence-electron chi connectivity index (χ3n) is 4.11. The Kier molecular flexibility index (Phi) is 4.37. The highest BCUT2D eigenvalue weighted by atomic mass is 32.2. The molecular formula is C16H24N2O3S. The molecule has 0 saturated carbocycles. The Balaban J connectivity index is 2.25. The van der Waals surface area contributed by atoms with Crippen molar-refractivity contribution in [3.8, 4) is 0 Å². The number of aryl methyl sites for hydroxylation is 2. The Morgan fingerprint density at radius 3 is 2.18 bits per heavy atom. The van der Waals surface area contributed by atoms with E-state index in [-0.39, 0.29) is 22.9 Å². The zero-order chi connectivity index (χ0) is 16.7. The lowest BCUT2D eigenvalue weighted by molar-refractivity contribution is -0.139. The molecule has 0 spiro atoms.